The first-order valence-electron chi connectivity index (χ1n) is 3.87. The van der Waals surface area contributed by atoms with Crippen LogP contribution in [-0.2, 0) is 4.79 Å². The highest BCUT2D eigenvalue weighted by atomic mass is 35.5. The normalized spacial score (nSPS) is 10.5. The Labute approximate surface area is 88.7 Å². The third-order valence-electron chi connectivity index (χ3n) is 1.66. The SMILES string of the molecule is CC(=Cc1ccc(N)cc1)C(=O)O.Cl. The molecular formula is C10H12ClNO2. The maximum absolute atomic E-state index is 10.5. The maximum Gasteiger partial charge on any atom is 0.331 e. The number of carboxylic acids is 1. The molecule has 0 amide bonds. The number of anilines is 1. The molecule has 0 radical (unpaired) electrons. The lowest BCUT2D eigenvalue weighted by atomic mass is 10.1. The van der Waals surface area contributed by atoms with E-state index in [1.54, 1.807) is 37.3 Å². The van der Waals surface area contributed by atoms with E-state index >= 15 is 0 Å². The van der Waals surface area contributed by atoms with Gasteiger partial charge in [-0.2, -0.15) is 0 Å². The number of halogens is 1. The van der Waals surface area contributed by atoms with Crippen LogP contribution in [0, 0.1) is 0 Å². The molecule has 0 saturated carbocycles. The largest absolute Gasteiger partial charge is 0.478 e. The van der Waals surface area contributed by atoms with Crippen LogP contribution in [0.3, 0.4) is 0 Å². The fraction of sp³-hybridized carbons (Fsp3) is 0.100. The van der Waals surface area contributed by atoms with Crippen molar-refractivity contribution in [1.29, 1.82) is 0 Å². The predicted molar refractivity (Wildman–Crippen MR) is 59.4 cm³/mol. The third kappa shape index (κ3) is 3.49. The van der Waals surface area contributed by atoms with Gasteiger partial charge >= 0.3 is 5.97 Å². The number of hydrogen-bond donors (Lipinski definition) is 2. The van der Waals surface area contributed by atoms with Gasteiger partial charge in [-0.25, -0.2) is 4.79 Å². The van der Waals surface area contributed by atoms with Crippen LogP contribution >= 0.6 is 12.4 Å². The summed E-state index contributed by atoms with van der Waals surface area (Å²) in [6.45, 7) is 1.55. The van der Waals surface area contributed by atoms with Crippen LogP contribution in [0.1, 0.15) is 12.5 Å². The van der Waals surface area contributed by atoms with Gasteiger partial charge in [0.2, 0.25) is 0 Å². The highest BCUT2D eigenvalue weighted by molar-refractivity contribution is 5.91. The first-order valence-corrected chi connectivity index (χ1v) is 3.87. The quantitative estimate of drug-likeness (QED) is 0.585. The molecule has 0 fully saturated rings. The van der Waals surface area contributed by atoms with Gasteiger partial charge in [0.15, 0.2) is 0 Å². The zero-order valence-corrected chi connectivity index (χ0v) is 8.54. The van der Waals surface area contributed by atoms with Crippen LogP contribution in [0.15, 0.2) is 29.8 Å². The molecular weight excluding hydrogens is 202 g/mol. The van der Waals surface area contributed by atoms with Gasteiger partial charge in [0, 0.05) is 11.3 Å². The Hall–Kier alpha value is -1.48. The summed E-state index contributed by atoms with van der Waals surface area (Å²) >= 11 is 0. The number of rotatable bonds is 2. The van der Waals surface area contributed by atoms with E-state index < -0.39 is 5.97 Å². The average Bonchev–Trinajstić information content (AvgIpc) is 2.08. The molecule has 14 heavy (non-hydrogen) atoms. The van der Waals surface area contributed by atoms with Crippen molar-refractivity contribution in [1.82, 2.24) is 0 Å². The number of hydrogen-bond acceptors (Lipinski definition) is 2. The summed E-state index contributed by atoms with van der Waals surface area (Å²) in [6.07, 6.45) is 1.60. The van der Waals surface area contributed by atoms with Crippen molar-refractivity contribution in [3.63, 3.8) is 0 Å². The van der Waals surface area contributed by atoms with Gasteiger partial charge in [0.25, 0.3) is 0 Å². The van der Waals surface area contributed by atoms with Crippen molar-refractivity contribution >= 4 is 30.1 Å². The van der Waals surface area contributed by atoms with Crippen LogP contribution in [0.4, 0.5) is 5.69 Å². The van der Waals surface area contributed by atoms with E-state index in [-0.39, 0.29) is 12.4 Å². The summed E-state index contributed by atoms with van der Waals surface area (Å²) in [5.74, 6) is -0.906. The summed E-state index contributed by atoms with van der Waals surface area (Å²) < 4.78 is 0. The molecule has 0 bridgehead atoms. The van der Waals surface area contributed by atoms with Crippen LogP contribution in [0.5, 0.6) is 0 Å². The molecule has 0 saturated heterocycles. The Balaban J connectivity index is 0.00000169. The topological polar surface area (TPSA) is 63.3 Å². The Morgan fingerprint density at radius 3 is 2.29 bits per heavy atom. The van der Waals surface area contributed by atoms with Crippen LogP contribution in [0.25, 0.3) is 6.08 Å². The minimum absolute atomic E-state index is 0. The van der Waals surface area contributed by atoms with Gasteiger partial charge < -0.3 is 10.8 Å². The monoisotopic (exact) mass is 213 g/mol. The lowest BCUT2D eigenvalue weighted by Gasteiger charge is -1.96. The minimum Gasteiger partial charge on any atom is -0.478 e. The zero-order valence-electron chi connectivity index (χ0n) is 7.73. The Kier molecular flexibility index (Phi) is 4.73. The van der Waals surface area contributed by atoms with Crippen molar-refractivity contribution in [3.8, 4) is 0 Å². The molecule has 0 aliphatic heterocycles. The van der Waals surface area contributed by atoms with E-state index in [1.165, 1.54) is 0 Å². The van der Waals surface area contributed by atoms with Crippen molar-refractivity contribution < 1.29 is 9.90 Å². The van der Waals surface area contributed by atoms with E-state index in [0.29, 0.717) is 11.3 Å². The molecule has 0 atom stereocenters. The van der Waals surface area contributed by atoms with Gasteiger partial charge in [-0.1, -0.05) is 12.1 Å². The molecule has 0 spiro atoms. The molecule has 4 heteroatoms. The molecule has 0 unspecified atom stereocenters. The van der Waals surface area contributed by atoms with Gasteiger partial charge in [0.05, 0.1) is 0 Å². The van der Waals surface area contributed by atoms with E-state index in [2.05, 4.69) is 0 Å². The molecule has 1 aromatic carbocycles. The third-order valence-corrected chi connectivity index (χ3v) is 1.66. The molecule has 1 aromatic rings. The molecule has 1 rings (SSSR count). The summed E-state index contributed by atoms with van der Waals surface area (Å²) in [4.78, 5) is 10.5. The van der Waals surface area contributed by atoms with Gasteiger partial charge in [-0.05, 0) is 30.7 Å². The van der Waals surface area contributed by atoms with Crippen LogP contribution < -0.4 is 5.73 Å². The van der Waals surface area contributed by atoms with E-state index in [1.807, 2.05) is 0 Å². The number of carbonyl (C=O) groups is 1. The second kappa shape index (κ2) is 5.29. The Bertz CT molecular complexity index is 344. The first-order chi connectivity index (χ1) is 6.09. The molecule has 0 aromatic heterocycles. The fourth-order valence-corrected chi connectivity index (χ4v) is 0.904. The second-order valence-corrected chi connectivity index (χ2v) is 2.80. The second-order valence-electron chi connectivity index (χ2n) is 2.80. The molecule has 3 nitrogen and oxygen atoms in total. The highest BCUT2D eigenvalue weighted by Gasteiger charge is 1.98. The highest BCUT2D eigenvalue weighted by Crippen LogP contribution is 2.09. The summed E-state index contributed by atoms with van der Waals surface area (Å²) in [5, 5.41) is 8.60. The minimum atomic E-state index is -0.906. The average molecular weight is 214 g/mol. The standard InChI is InChI=1S/C10H11NO2.ClH/c1-7(10(12)13)6-8-2-4-9(11)5-3-8;/h2-6H,11H2,1H3,(H,12,13);1H. The van der Waals surface area contributed by atoms with E-state index in [9.17, 15) is 4.79 Å². The zero-order chi connectivity index (χ0) is 9.84. The molecule has 3 N–H and O–H groups in total. The van der Waals surface area contributed by atoms with Crippen molar-refractivity contribution in [2.24, 2.45) is 0 Å². The fourth-order valence-electron chi connectivity index (χ4n) is 0.904. The Morgan fingerprint density at radius 2 is 1.86 bits per heavy atom. The lowest BCUT2D eigenvalue weighted by Crippen LogP contribution is -1.95. The number of nitrogens with two attached hydrogens (primary N) is 1. The van der Waals surface area contributed by atoms with E-state index in [4.69, 9.17) is 10.8 Å². The Morgan fingerprint density at radius 1 is 1.36 bits per heavy atom. The van der Waals surface area contributed by atoms with Crippen molar-refractivity contribution in [2.45, 2.75) is 6.92 Å². The van der Waals surface area contributed by atoms with Crippen molar-refractivity contribution in [2.75, 3.05) is 5.73 Å². The smallest absolute Gasteiger partial charge is 0.331 e. The first kappa shape index (κ1) is 12.5. The number of benzene rings is 1. The predicted octanol–water partition coefficient (Wildman–Crippen LogP) is 2.18. The van der Waals surface area contributed by atoms with Gasteiger partial charge in [-0.3, -0.25) is 0 Å². The van der Waals surface area contributed by atoms with Crippen molar-refractivity contribution in [3.05, 3.63) is 35.4 Å². The molecule has 0 aliphatic carbocycles. The number of carboxylic acid groups (broad SMARTS) is 1. The number of nitrogen functional groups attached to an aromatic ring is 1. The van der Waals surface area contributed by atoms with E-state index in [0.717, 1.165) is 5.56 Å². The summed E-state index contributed by atoms with van der Waals surface area (Å²) in [6, 6.07) is 7.03. The van der Waals surface area contributed by atoms with Crippen LogP contribution in [-0.4, -0.2) is 11.1 Å². The lowest BCUT2D eigenvalue weighted by molar-refractivity contribution is -0.132. The van der Waals surface area contributed by atoms with Crippen LogP contribution in [0.2, 0.25) is 0 Å². The molecule has 0 aliphatic rings. The molecule has 0 heterocycles. The maximum atomic E-state index is 10.5. The summed E-state index contributed by atoms with van der Waals surface area (Å²) in [5.41, 5.74) is 7.30. The molecule has 76 valence electrons. The van der Waals surface area contributed by atoms with Gasteiger partial charge in [-0.15, -0.1) is 12.4 Å². The summed E-state index contributed by atoms with van der Waals surface area (Å²) in [7, 11) is 0. The van der Waals surface area contributed by atoms with Gasteiger partial charge in [0.1, 0.15) is 0 Å². The number of aliphatic carboxylic acids is 1.